The molecule has 2 aliphatic heterocycles. The lowest BCUT2D eigenvalue weighted by Crippen LogP contribution is -2.44. The van der Waals surface area contributed by atoms with Crippen molar-refractivity contribution in [2.75, 3.05) is 66.6 Å². The highest BCUT2D eigenvalue weighted by Crippen LogP contribution is 2.35. The first kappa shape index (κ1) is 31.7. The second kappa shape index (κ2) is 17.1. The lowest BCUT2D eigenvalue weighted by Gasteiger charge is -2.33. The van der Waals surface area contributed by atoms with Crippen molar-refractivity contribution >= 4 is 36.3 Å². The van der Waals surface area contributed by atoms with E-state index in [-0.39, 0.29) is 17.1 Å². The average Bonchev–Trinajstić information content (AvgIpc) is 2.99. The van der Waals surface area contributed by atoms with Crippen LogP contribution in [-0.2, 0) is 9.53 Å². The Hall–Kier alpha value is -2.83. The Morgan fingerprint density at radius 1 is 1.30 bits per heavy atom. The Bertz CT molecular complexity index is 1100. The van der Waals surface area contributed by atoms with E-state index in [1.807, 2.05) is 55.5 Å². The van der Waals surface area contributed by atoms with E-state index in [1.165, 1.54) is 11.8 Å². The number of ketones is 1. The molecule has 11 heteroatoms. The van der Waals surface area contributed by atoms with Gasteiger partial charge in [-0.3, -0.25) is 20.2 Å². The summed E-state index contributed by atoms with van der Waals surface area (Å²) in [4.78, 5) is 25.2. The first-order valence-electron chi connectivity index (χ1n) is 13.9. The predicted molar refractivity (Wildman–Crippen MR) is 167 cm³/mol. The number of hydrazine groups is 1. The van der Waals surface area contributed by atoms with Crippen molar-refractivity contribution < 1.29 is 9.53 Å². The summed E-state index contributed by atoms with van der Waals surface area (Å²) in [6.45, 7) is 13.5. The molecule has 2 unspecified atom stereocenters. The molecule has 2 heterocycles. The number of rotatable bonds is 15. The summed E-state index contributed by atoms with van der Waals surface area (Å²) in [7, 11) is 3.71. The Labute approximate surface area is 243 Å². The number of hydrazone groups is 1. The number of nitrogens with one attached hydrogen (secondary N) is 3. The first-order valence-corrected chi connectivity index (χ1v) is 14.8. The average molecular weight is 569 g/mol. The first-order chi connectivity index (χ1) is 19.5. The molecule has 0 radical (unpaired) electrons. The van der Waals surface area contributed by atoms with Gasteiger partial charge in [0.25, 0.3) is 0 Å². The molecule has 0 bridgehead atoms. The van der Waals surface area contributed by atoms with E-state index >= 15 is 0 Å². The van der Waals surface area contributed by atoms with Crippen molar-refractivity contribution in [3.05, 3.63) is 58.1 Å². The Morgan fingerprint density at radius 3 is 2.77 bits per heavy atom. The van der Waals surface area contributed by atoms with E-state index in [9.17, 15) is 4.79 Å². The number of thioether (sulfide) groups is 1. The van der Waals surface area contributed by atoms with E-state index < -0.39 is 0 Å². The van der Waals surface area contributed by atoms with Crippen molar-refractivity contribution in [3.8, 4) is 0 Å². The van der Waals surface area contributed by atoms with Crippen molar-refractivity contribution in [1.29, 1.82) is 0 Å². The number of amidine groups is 1. The molecule has 0 saturated carbocycles. The minimum Gasteiger partial charge on any atom is -0.378 e. The number of aliphatic imine (C=N–C) groups is 2. The Morgan fingerprint density at radius 2 is 2.08 bits per heavy atom. The molecule has 3 N–H and O–H groups in total. The maximum absolute atomic E-state index is 13.3. The van der Waals surface area contributed by atoms with Gasteiger partial charge >= 0.3 is 0 Å². The molecule has 0 amide bonds. The third-order valence-electron chi connectivity index (χ3n) is 6.60. The van der Waals surface area contributed by atoms with Gasteiger partial charge in [0.05, 0.1) is 37.3 Å². The van der Waals surface area contributed by atoms with E-state index in [0.29, 0.717) is 24.8 Å². The second-order valence-corrected chi connectivity index (χ2v) is 10.6. The zero-order valence-corrected chi connectivity index (χ0v) is 25.0. The van der Waals surface area contributed by atoms with Crippen LogP contribution in [0.5, 0.6) is 0 Å². The summed E-state index contributed by atoms with van der Waals surface area (Å²) in [6.07, 6.45) is 6.74. The molecular formula is C29H44N8O2S. The number of hydrogen-bond donors (Lipinski definition) is 3. The summed E-state index contributed by atoms with van der Waals surface area (Å²) < 4.78 is 5.63. The van der Waals surface area contributed by atoms with E-state index in [0.717, 1.165) is 61.7 Å². The van der Waals surface area contributed by atoms with E-state index in [4.69, 9.17) is 9.73 Å². The highest BCUT2D eigenvalue weighted by Gasteiger charge is 2.29. The largest absolute Gasteiger partial charge is 0.378 e. The van der Waals surface area contributed by atoms with Gasteiger partial charge in [-0.25, -0.2) is 5.01 Å². The number of benzene rings is 1. The molecule has 0 aromatic heterocycles. The van der Waals surface area contributed by atoms with Crippen LogP contribution < -0.4 is 16.2 Å². The predicted octanol–water partition coefficient (Wildman–Crippen LogP) is 2.62. The van der Waals surface area contributed by atoms with Gasteiger partial charge in [0, 0.05) is 38.8 Å². The SMILES string of the molecule is C=NC1=C(C(=NC(C)c2ccccc2/C=N\NC)N2CCOCC2)C=CC(C(=O)CN(CCCNC)NCC)S1. The highest BCUT2D eigenvalue weighted by atomic mass is 32.2. The Kier molecular flexibility index (Phi) is 13.5. The van der Waals surface area contributed by atoms with Gasteiger partial charge in [-0.05, 0) is 44.8 Å². The fourth-order valence-corrected chi connectivity index (χ4v) is 5.56. The molecule has 218 valence electrons. The van der Waals surface area contributed by atoms with Crippen molar-refractivity contribution in [2.45, 2.75) is 31.6 Å². The molecule has 10 nitrogen and oxygen atoms in total. The number of Topliss-reactive ketones (excluding diaryl/α,β-unsaturated/α-hetero) is 1. The normalized spacial score (nSPS) is 19.0. The molecule has 1 aromatic carbocycles. The molecule has 1 fully saturated rings. The molecule has 3 rings (SSSR count). The minimum atomic E-state index is -0.337. The summed E-state index contributed by atoms with van der Waals surface area (Å²) in [5.41, 5.74) is 9.10. The van der Waals surface area contributed by atoms with Gasteiger partial charge in [0.1, 0.15) is 10.9 Å². The summed E-state index contributed by atoms with van der Waals surface area (Å²) in [5, 5.41) is 9.75. The van der Waals surface area contributed by atoms with Crippen LogP contribution in [0.2, 0.25) is 0 Å². The molecule has 1 saturated heterocycles. The molecule has 40 heavy (non-hydrogen) atoms. The molecule has 1 aromatic rings. The summed E-state index contributed by atoms with van der Waals surface area (Å²) in [5.74, 6) is 0.970. The van der Waals surface area contributed by atoms with Gasteiger partial charge < -0.3 is 20.4 Å². The van der Waals surface area contributed by atoms with Crippen molar-refractivity contribution in [2.24, 2.45) is 15.1 Å². The molecule has 0 aliphatic carbocycles. The maximum Gasteiger partial charge on any atom is 0.165 e. The second-order valence-electron chi connectivity index (χ2n) is 9.47. The molecule has 2 atom stereocenters. The van der Waals surface area contributed by atoms with Gasteiger partial charge in [-0.15, -0.1) is 0 Å². The van der Waals surface area contributed by atoms with Crippen LogP contribution >= 0.6 is 11.8 Å². The van der Waals surface area contributed by atoms with Crippen molar-refractivity contribution in [3.63, 3.8) is 0 Å². The van der Waals surface area contributed by atoms with Gasteiger partial charge in [0.2, 0.25) is 0 Å². The van der Waals surface area contributed by atoms with Gasteiger partial charge in [-0.2, -0.15) is 5.10 Å². The molecule has 2 aliphatic rings. The van der Waals surface area contributed by atoms with E-state index in [1.54, 1.807) is 7.05 Å². The van der Waals surface area contributed by atoms with E-state index in [2.05, 4.69) is 50.9 Å². The molecule has 0 spiro atoms. The summed E-state index contributed by atoms with van der Waals surface area (Å²) in [6, 6.07) is 7.99. The smallest absolute Gasteiger partial charge is 0.165 e. The lowest BCUT2D eigenvalue weighted by atomic mass is 10.0. The third kappa shape index (κ3) is 9.10. The van der Waals surface area contributed by atoms with Crippen LogP contribution in [0.3, 0.4) is 0 Å². The third-order valence-corrected chi connectivity index (χ3v) is 7.84. The number of carbonyl (C=O) groups excluding carboxylic acids is 1. The zero-order chi connectivity index (χ0) is 28.7. The van der Waals surface area contributed by atoms with Crippen LogP contribution in [0.25, 0.3) is 0 Å². The minimum absolute atomic E-state index is 0.128. The number of carbonyl (C=O) groups is 1. The Balaban J connectivity index is 1.87. The maximum atomic E-state index is 13.3. The van der Waals surface area contributed by atoms with Gasteiger partial charge in [0.15, 0.2) is 5.78 Å². The lowest BCUT2D eigenvalue weighted by molar-refractivity contribution is -0.119. The standard InChI is InChI=1S/C29H44N8O2S/c1-6-34-37(15-9-14-30-3)21-26(38)27-13-12-25(29(31-4)40-27)28(36-16-18-39-19-17-36)35-22(2)24-11-8-7-10-23(24)20-33-32-5/h7-8,10-13,20,22,27,30,32,34H,4,6,9,14-19,21H2,1-3,5H3/b33-20-,35-28?. The number of hydrogen-bond acceptors (Lipinski definition) is 10. The topological polar surface area (TPSA) is 106 Å². The number of morpholine rings is 1. The number of nitrogens with zero attached hydrogens (tertiary/aromatic N) is 5. The van der Waals surface area contributed by atoms with Crippen LogP contribution in [0.1, 0.15) is 37.4 Å². The highest BCUT2D eigenvalue weighted by molar-refractivity contribution is 8.04. The number of ether oxygens (including phenoxy) is 1. The van der Waals surface area contributed by atoms with Crippen LogP contribution in [0.4, 0.5) is 0 Å². The van der Waals surface area contributed by atoms with Crippen LogP contribution in [0, 0.1) is 0 Å². The van der Waals surface area contributed by atoms with Crippen molar-refractivity contribution in [1.82, 2.24) is 26.1 Å². The fourth-order valence-electron chi connectivity index (χ4n) is 4.60. The fraction of sp³-hybridized carbons (Fsp3) is 0.517. The quantitative estimate of drug-likeness (QED) is 0.128. The molecular weight excluding hydrogens is 524 g/mol. The monoisotopic (exact) mass is 568 g/mol. The van der Waals surface area contributed by atoms with Crippen LogP contribution in [0.15, 0.2) is 62.1 Å². The van der Waals surface area contributed by atoms with Gasteiger partial charge in [-0.1, -0.05) is 55.1 Å². The van der Waals surface area contributed by atoms with Crippen LogP contribution in [-0.4, -0.2) is 106 Å². The zero-order valence-electron chi connectivity index (χ0n) is 24.2. The summed E-state index contributed by atoms with van der Waals surface area (Å²) >= 11 is 1.44.